The molecule has 0 spiro atoms. The second kappa shape index (κ2) is 6.55. The molecule has 1 aromatic carbocycles. The van der Waals surface area contributed by atoms with Gasteiger partial charge in [0.05, 0.1) is 4.58 Å². The summed E-state index contributed by atoms with van der Waals surface area (Å²) in [5, 5.41) is 0.0454. The SMILES string of the molecule is C=CC(=O)SCC1=C(C)SC(c2ccccc2)S1. The van der Waals surface area contributed by atoms with Crippen molar-refractivity contribution in [1.82, 2.24) is 0 Å². The molecule has 1 aromatic rings. The van der Waals surface area contributed by atoms with Crippen molar-refractivity contribution in [2.24, 2.45) is 0 Å². The summed E-state index contributed by atoms with van der Waals surface area (Å²) in [5.41, 5.74) is 1.34. The third-order valence-corrected chi connectivity index (χ3v) is 6.59. The molecule has 0 saturated heterocycles. The number of hydrogen-bond acceptors (Lipinski definition) is 4. The average Bonchev–Trinajstić information content (AvgIpc) is 2.78. The summed E-state index contributed by atoms with van der Waals surface area (Å²) < 4.78 is 0.431. The van der Waals surface area contributed by atoms with Crippen LogP contribution in [-0.4, -0.2) is 10.9 Å². The van der Waals surface area contributed by atoms with Crippen LogP contribution in [0.5, 0.6) is 0 Å². The fourth-order valence-electron chi connectivity index (χ4n) is 1.54. The Balaban J connectivity index is 1.97. The standard InChI is InChI=1S/C14H14OS3/c1-3-13(15)16-9-12-10(2)17-14(18-12)11-7-5-4-6-8-11/h3-8,14H,1,9H2,2H3. The Bertz CT molecular complexity index is 479. The lowest BCUT2D eigenvalue weighted by molar-refractivity contribution is -0.107. The zero-order valence-electron chi connectivity index (χ0n) is 10.1. The van der Waals surface area contributed by atoms with Crippen molar-refractivity contribution in [3.05, 3.63) is 58.4 Å². The van der Waals surface area contributed by atoms with Gasteiger partial charge in [0.15, 0.2) is 0 Å². The van der Waals surface area contributed by atoms with Crippen LogP contribution < -0.4 is 0 Å². The number of benzene rings is 1. The molecule has 4 heteroatoms. The van der Waals surface area contributed by atoms with Crippen LogP contribution in [0.1, 0.15) is 17.1 Å². The van der Waals surface area contributed by atoms with Gasteiger partial charge in [-0.2, -0.15) is 0 Å². The van der Waals surface area contributed by atoms with E-state index in [-0.39, 0.29) is 5.12 Å². The molecular weight excluding hydrogens is 280 g/mol. The van der Waals surface area contributed by atoms with Crippen molar-refractivity contribution in [2.45, 2.75) is 11.5 Å². The van der Waals surface area contributed by atoms with Gasteiger partial charge in [-0.05, 0) is 23.5 Å². The molecule has 1 aliphatic heterocycles. The fraction of sp³-hybridized carbons (Fsp3) is 0.214. The predicted octanol–water partition coefficient (Wildman–Crippen LogP) is 4.84. The zero-order chi connectivity index (χ0) is 13.0. The van der Waals surface area contributed by atoms with Crippen molar-refractivity contribution in [1.29, 1.82) is 0 Å². The highest BCUT2D eigenvalue weighted by molar-refractivity contribution is 8.23. The van der Waals surface area contributed by atoms with Gasteiger partial charge in [-0.25, -0.2) is 0 Å². The molecule has 1 atom stereocenters. The second-order valence-corrected chi connectivity index (χ2v) is 7.57. The maximum atomic E-state index is 11.2. The molecule has 0 aromatic heterocycles. The Kier molecular flexibility index (Phi) is 5.03. The Hall–Kier alpha value is -0.580. The minimum Gasteiger partial charge on any atom is -0.282 e. The summed E-state index contributed by atoms with van der Waals surface area (Å²) in [4.78, 5) is 13.9. The Morgan fingerprint density at radius 2 is 2.11 bits per heavy atom. The summed E-state index contributed by atoms with van der Waals surface area (Å²) in [6.07, 6.45) is 1.38. The molecule has 1 unspecified atom stereocenters. The van der Waals surface area contributed by atoms with Crippen LogP contribution in [0.25, 0.3) is 0 Å². The van der Waals surface area contributed by atoms with E-state index in [9.17, 15) is 4.79 Å². The lowest BCUT2D eigenvalue weighted by Crippen LogP contribution is -1.89. The topological polar surface area (TPSA) is 17.1 Å². The summed E-state index contributed by atoms with van der Waals surface area (Å²) in [7, 11) is 0. The highest BCUT2D eigenvalue weighted by Crippen LogP contribution is 2.55. The van der Waals surface area contributed by atoms with Crippen LogP contribution in [0, 0.1) is 0 Å². The first-order valence-corrected chi connectivity index (χ1v) is 8.32. The lowest BCUT2D eigenvalue weighted by Gasteiger charge is -2.08. The third-order valence-electron chi connectivity index (χ3n) is 2.51. The fourth-order valence-corrected chi connectivity index (χ4v) is 5.49. The quantitative estimate of drug-likeness (QED) is 0.738. The van der Waals surface area contributed by atoms with Gasteiger partial charge in [-0.1, -0.05) is 48.7 Å². The van der Waals surface area contributed by atoms with Gasteiger partial charge in [0.1, 0.15) is 0 Å². The normalized spacial score (nSPS) is 19.1. The van der Waals surface area contributed by atoms with Gasteiger partial charge in [-0.15, -0.1) is 23.5 Å². The molecule has 0 amide bonds. The molecule has 0 saturated carbocycles. The molecule has 0 N–H and O–H groups in total. The average molecular weight is 294 g/mol. The number of hydrogen-bond donors (Lipinski definition) is 0. The Labute approximate surface area is 120 Å². The van der Waals surface area contributed by atoms with Crippen molar-refractivity contribution in [3.63, 3.8) is 0 Å². The first-order chi connectivity index (χ1) is 8.70. The van der Waals surface area contributed by atoms with Crippen LogP contribution in [0.3, 0.4) is 0 Å². The van der Waals surface area contributed by atoms with E-state index in [2.05, 4.69) is 37.8 Å². The molecule has 1 nitrogen and oxygen atoms in total. The Morgan fingerprint density at radius 1 is 1.39 bits per heavy atom. The van der Waals surface area contributed by atoms with Gasteiger partial charge >= 0.3 is 0 Å². The smallest absolute Gasteiger partial charge is 0.211 e. The van der Waals surface area contributed by atoms with Gasteiger partial charge in [0.2, 0.25) is 5.12 Å². The number of thioether (sulfide) groups is 3. The zero-order valence-corrected chi connectivity index (χ0v) is 12.5. The molecule has 0 aliphatic carbocycles. The van der Waals surface area contributed by atoms with Crippen LogP contribution in [0.15, 0.2) is 52.8 Å². The molecule has 0 fully saturated rings. The lowest BCUT2D eigenvalue weighted by atomic mass is 10.2. The number of carbonyl (C=O) groups excluding carboxylic acids is 1. The molecule has 1 heterocycles. The largest absolute Gasteiger partial charge is 0.282 e. The summed E-state index contributed by atoms with van der Waals surface area (Å²) >= 11 is 5.06. The summed E-state index contributed by atoms with van der Waals surface area (Å²) in [6.45, 7) is 5.62. The van der Waals surface area contributed by atoms with E-state index < -0.39 is 0 Å². The number of carbonyl (C=O) groups is 1. The van der Waals surface area contributed by atoms with Gasteiger partial charge in [-0.3, -0.25) is 4.79 Å². The van der Waals surface area contributed by atoms with Crippen LogP contribution in [0.2, 0.25) is 0 Å². The van der Waals surface area contributed by atoms with E-state index in [4.69, 9.17) is 0 Å². The van der Waals surface area contributed by atoms with Crippen molar-refractivity contribution < 1.29 is 4.79 Å². The monoisotopic (exact) mass is 294 g/mol. The van der Waals surface area contributed by atoms with E-state index in [1.807, 2.05) is 29.6 Å². The molecule has 0 bridgehead atoms. The maximum Gasteiger partial charge on any atom is 0.211 e. The second-order valence-electron chi connectivity index (χ2n) is 3.77. The maximum absolute atomic E-state index is 11.2. The van der Waals surface area contributed by atoms with E-state index in [1.54, 1.807) is 0 Å². The minimum atomic E-state index is 0.0454. The Morgan fingerprint density at radius 3 is 2.78 bits per heavy atom. The van der Waals surface area contributed by atoms with Crippen LogP contribution in [-0.2, 0) is 4.79 Å². The summed E-state index contributed by atoms with van der Waals surface area (Å²) in [6, 6.07) is 10.5. The number of rotatable bonds is 4. The highest BCUT2D eigenvalue weighted by atomic mass is 32.2. The van der Waals surface area contributed by atoms with Gasteiger partial charge < -0.3 is 0 Å². The van der Waals surface area contributed by atoms with Gasteiger partial charge in [0, 0.05) is 10.7 Å². The van der Waals surface area contributed by atoms with Crippen LogP contribution in [0.4, 0.5) is 0 Å². The van der Waals surface area contributed by atoms with Crippen molar-refractivity contribution in [3.8, 4) is 0 Å². The first-order valence-electron chi connectivity index (χ1n) is 5.58. The van der Waals surface area contributed by atoms with E-state index in [1.165, 1.54) is 33.2 Å². The van der Waals surface area contributed by atoms with E-state index in [0.29, 0.717) is 4.58 Å². The molecule has 94 valence electrons. The predicted molar refractivity (Wildman–Crippen MR) is 84.7 cm³/mol. The first kappa shape index (κ1) is 13.8. The third kappa shape index (κ3) is 3.46. The van der Waals surface area contributed by atoms with Crippen LogP contribution >= 0.6 is 35.3 Å². The molecule has 1 aliphatic rings. The van der Waals surface area contributed by atoms with E-state index >= 15 is 0 Å². The highest BCUT2D eigenvalue weighted by Gasteiger charge is 2.24. The molecular formula is C14H14OS3. The molecule has 2 rings (SSSR count). The minimum absolute atomic E-state index is 0.0454. The molecule has 18 heavy (non-hydrogen) atoms. The van der Waals surface area contributed by atoms with Crippen molar-refractivity contribution in [2.75, 3.05) is 5.75 Å². The van der Waals surface area contributed by atoms with Gasteiger partial charge in [0.25, 0.3) is 0 Å². The van der Waals surface area contributed by atoms with Crippen molar-refractivity contribution >= 4 is 40.4 Å². The van der Waals surface area contributed by atoms with E-state index in [0.717, 1.165) is 5.75 Å². The molecule has 0 radical (unpaired) electrons. The summed E-state index contributed by atoms with van der Waals surface area (Å²) in [5.74, 6) is 0.762. The number of allylic oxidation sites excluding steroid dienone is 1.